The number of carbonyl (C=O) groups excluding carboxylic acids is 1. The fraction of sp³-hybridized carbons (Fsp3) is 0.417. The molecule has 0 N–H and O–H groups in total. The zero-order chi connectivity index (χ0) is 21.6. The Morgan fingerprint density at radius 3 is 2.81 bits per heavy atom. The molecule has 2 heterocycles. The summed E-state index contributed by atoms with van der Waals surface area (Å²) in [5.74, 6) is 2.25. The van der Waals surface area contributed by atoms with Gasteiger partial charge in [0.05, 0.1) is 13.7 Å². The Morgan fingerprint density at radius 1 is 1.19 bits per heavy atom. The average molecular weight is 426 g/mol. The standard InChI is InChI=1S/C24H27FN2O4/c1-29-23-15-17(9-13-28)3-6-22(23)30-14-2-10-27-11-7-18(8-12-27)24-20-5-4-19(25)16-21(20)26-31-24/h3-6,13,15-16,18H,2,7-12,14H2,1H3. The molecule has 2 aromatic carbocycles. The molecule has 1 saturated heterocycles. The van der Waals surface area contributed by atoms with E-state index in [4.69, 9.17) is 14.0 Å². The van der Waals surface area contributed by atoms with Crippen molar-refractivity contribution in [1.82, 2.24) is 10.1 Å². The van der Waals surface area contributed by atoms with Crippen LogP contribution in [0.5, 0.6) is 11.5 Å². The van der Waals surface area contributed by atoms with Crippen molar-refractivity contribution in [2.45, 2.75) is 31.6 Å². The molecule has 0 radical (unpaired) electrons. The second-order valence-corrected chi connectivity index (χ2v) is 7.88. The van der Waals surface area contributed by atoms with Gasteiger partial charge in [-0.25, -0.2) is 4.39 Å². The first-order valence-corrected chi connectivity index (χ1v) is 10.7. The molecule has 0 aliphatic carbocycles. The van der Waals surface area contributed by atoms with E-state index in [9.17, 15) is 9.18 Å². The number of fused-ring (bicyclic) bond motifs is 1. The van der Waals surface area contributed by atoms with E-state index in [1.807, 2.05) is 18.2 Å². The lowest BCUT2D eigenvalue weighted by atomic mass is 9.92. The summed E-state index contributed by atoms with van der Waals surface area (Å²) in [7, 11) is 1.60. The van der Waals surface area contributed by atoms with Crippen LogP contribution in [0.15, 0.2) is 40.9 Å². The fourth-order valence-electron chi connectivity index (χ4n) is 4.17. The van der Waals surface area contributed by atoms with Crippen molar-refractivity contribution in [1.29, 1.82) is 0 Å². The highest BCUT2D eigenvalue weighted by Gasteiger charge is 2.25. The highest BCUT2D eigenvalue weighted by atomic mass is 19.1. The number of hydrogen-bond acceptors (Lipinski definition) is 6. The minimum absolute atomic E-state index is 0.293. The summed E-state index contributed by atoms with van der Waals surface area (Å²) in [6.07, 6.45) is 4.15. The van der Waals surface area contributed by atoms with E-state index < -0.39 is 0 Å². The molecule has 31 heavy (non-hydrogen) atoms. The van der Waals surface area contributed by atoms with Gasteiger partial charge in [-0.15, -0.1) is 0 Å². The summed E-state index contributed by atoms with van der Waals surface area (Å²) in [6, 6.07) is 10.2. The second-order valence-electron chi connectivity index (χ2n) is 7.88. The third kappa shape index (κ3) is 5.05. The predicted octanol–water partition coefficient (Wildman–Crippen LogP) is 4.37. The average Bonchev–Trinajstić information content (AvgIpc) is 3.21. The largest absolute Gasteiger partial charge is 0.493 e. The van der Waals surface area contributed by atoms with Gasteiger partial charge in [0.25, 0.3) is 0 Å². The van der Waals surface area contributed by atoms with Gasteiger partial charge in [-0.05, 0) is 62.2 Å². The molecule has 1 aromatic heterocycles. The minimum atomic E-state index is -0.293. The van der Waals surface area contributed by atoms with Crippen LogP contribution < -0.4 is 9.47 Å². The van der Waals surface area contributed by atoms with Gasteiger partial charge >= 0.3 is 0 Å². The molecule has 0 unspecified atom stereocenters. The first kappa shape index (κ1) is 21.3. The molecule has 1 fully saturated rings. The lowest BCUT2D eigenvalue weighted by Gasteiger charge is -2.30. The highest BCUT2D eigenvalue weighted by molar-refractivity contribution is 5.80. The Morgan fingerprint density at radius 2 is 2.03 bits per heavy atom. The molecule has 4 rings (SSSR count). The van der Waals surface area contributed by atoms with Crippen molar-refractivity contribution in [3.8, 4) is 11.5 Å². The van der Waals surface area contributed by atoms with Gasteiger partial charge in [-0.1, -0.05) is 11.2 Å². The first-order chi connectivity index (χ1) is 15.2. The van der Waals surface area contributed by atoms with Crippen molar-refractivity contribution >= 4 is 17.2 Å². The molecule has 1 aliphatic heterocycles. The number of hydrogen-bond donors (Lipinski definition) is 0. The minimum Gasteiger partial charge on any atom is -0.493 e. The van der Waals surface area contributed by atoms with Gasteiger partial charge < -0.3 is 23.7 Å². The smallest absolute Gasteiger partial charge is 0.161 e. The van der Waals surface area contributed by atoms with Crippen LogP contribution in [0, 0.1) is 5.82 Å². The van der Waals surface area contributed by atoms with Crippen molar-refractivity contribution < 1.29 is 23.2 Å². The molecular weight excluding hydrogens is 399 g/mol. The molecule has 1 aliphatic rings. The van der Waals surface area contributed by atoms with Crippen LogP contribution in [-0.4, -0.2) is 49.7 Å². The Balaban J connectivity index is 1.23. The van der Waals surface area contributed by atoms with E-state index in [1.165, 1.54) is 12.1 Å². The van der Waals surface area contributed by atoms with Crippen LogP contribution >= 0.6 is 0 Å². The van der Waals surface area contributed by atoms with Crippen LogP contribution in [-0.2, 0) is 11.2 Å². The normalized spacial score (nSPS) is 15.3. The molecule has 0 saturated carbocycles. The molecule has 3 aromatic rings. The van der Waals surface area contributed by atoms with Gasteiger partial charge in [0.2, 0.25) is 0 Å². The number of ether oxygens (including phenoxy) is 2. The summed E-state index contributed by atoms with van der Waals surface area (Å²) in [4.78, 5) is 13.1. The summed E-state index contributed by atoms with van der Waals surface area (Å²) >= 11 is 0. The number of likely N-dealkylation sites (tertiary alicyclic amines) is 1. The number of methoxy groups -OCH3 is 1. The third-order valence-corrected chi connectivity index (χ3v) is 5.85. The maximum absolute atomic E-state index is 13.4. The van der Waals surface area contributed by atoms with Crippen LogP contribution in [0.2, 0.25) is 0 Å². The fourth-order valence-corrected chi connectivity index (χ4v) is 4.17. The first-order valence-electron chi connectivity index (χ1n) is 10.7. The SMILES string of the molecule is COc1cc(CC=O)ccc1OCCCN1CCC(c2onc3cc(F)ccc23)CC1. The topological polar surface area (TPSA) is 64.8 Å². The maximum atomic E-state index is 13.4. The van der Waals surface area contributed by atoms with Gasteiger partial charge in [0.15, 0.2) is 11.5 Å². The molecule has 7 heteroatoms. The van der Waals surface area contributed by atoms with E-state index in [1.54, 1.807) is 13.2 Å². The number of halogens is 1. The summed E-state index contributed by atoms with van der Waals surface area (Å²) < 4.78 is 30.2. The molecule has 0 amide bonds. The van der Waals surface area contributed by atoms with E-state index in [-0.39, 0.29) is 5.82 Å². The summed E-state index contributed by atoms with van der Waals surface area (Å²) in [5, 5.41) is 4.94. The number of rotatable bonds is 9. The highest BCUT2D eigenvalue weighted by Crippen LogP contribution is 2.33. The van der Waals surface area contributed by atoms with Crippen LogP contribution in [0.4, 0.5) is 4.39 Å². The predicted molar refractivity (Wildman–Crippen MR) is 115 cm³/mol. The van der Waals surface area contributed by atoms with E-state index in [0.717, 1.165) is 61.9 Å². The van der Waals surface area contributed by atoms with E-state index in [0.29, 0.717) is 36.0 Å². The van der Waals surface area contributed by atoms with E-state index in [2.05, 4.69) is 10.1 Å². The van der Waals surface area contributed by atoms with Crippen LogP contribution in [0.1, 0.15) is 36.5 Å². The number of aldehydes is 1. The number of benzene rings is 2. The maximum Gasteiger partial charge on any atom is 0.161 e. The number of carbonyl (C=O) groups is 1. The summed E-state index contributed by atoms with van der Waals surface area (Å²) in [5.41, 5.74) is 1.50. The second kappa shape index (κ2) is 9.92. The van der Waals surface area contributed by atoms with Crippen molar-refractivity contribution in [2.24, 2.45) is 0 Å². The Hall–Kier alpha value is -2.93. The number of nitrogens with zero attached hydrogens (tertiary/aromatic N) is 2. The van der Waals surface area contributed by atoms with Gasteiger partial charge in [0.1, 0.15) is 23.4 Å². The monoisotopic (exact) mass is 426 g/mol. The molecule has 0 atom stereocenters. The Bertz CT molecular complexity index is 1030. The quantitative estimate of drug-likeness (QED) is 0.374. The van der Waals surface area contributed by atoms with Gasteiger partial charge in [-0.3, -0.25) is 0 Å². The van der Waals surface area contributed by atoms with Gasteiger partial charge in [-0.2, -0.15) is 0 Å². The summed E-state index contributed by atoms with van der Waals surface area (Å²) in [6.45, 7) is 3.53. The zero-order valence-electron chi connectivity index (χ0n) is 17.7. The molecule has 0 bridgehead atoms. The lowest BCUT2D eigenvalue weighted by molar-refractivity contribution is -0.107. The Kier molecular flexibility index (Phi) is 6.82. The third-order valence-electron chi connectivity index (χ3n) is 5.85. The van der Waals surface area contributed by atoms with Gasteiger partial charge in [0, 0.05) is 30.3 Å². The van der Waals surface area contributed by atoms with Crippen LogP contribution in [0.25, 0.3) is 10.9 Å². The molecule has 164 valence electrons. The number of aromatic nitrogens is 1. The van der Waals surface area contributed by atoms with Crippen molar-refractivity contribution in [3.63, 3.8) is 0 Å². The zero-order valence-corrected chi connectivity index (χ0v) is 17.7. The van der Waals surface area contributed by atoms with Crippen molar-refractivity contribution in [2.75, 3.05) is 33.4 Å². The molecular formula is C24H27FN2O4. The Labute approximate surface area is 180 Å². The number of piperidine rings is 1. The molecule has 6 nitrogen and oxygen atoms in total. The van der Waals surface area contributed by atoms with E-state index >= 15 is 0 Å². The van der Waals surface area contributed by atoms with Crippen LogP contribution in [0.3, 0.4) is 0 Å². The molecule has 0 spiro atoms. The van der Waals surface area contributed by atoms with Crippen molar-refractivity contribution in [3.05, 3.63) is 53.5 Å². The lowest BCUT2D eigenvalue weighted by Crippen LogP contribution is -2.34.